The van der Waals surface area contributed by atoms with Crippen LogP contribution in [0.5, 0.6) is 17.2 Å². The maximum Gasteiger partial charge on any atom is 0.268 e. The molecule has 5 aromatic rings. The van der Waals surface area contributed by atoms with E-state index >= 15 is 0 Å². The molecule has 1 amide bonds. The van der Waals surface area contributed by atoms with Gasteiger partial charge >= 0.3 is 0 Å². The van der Waals surface area contributed by atoms with E-state index in [-0.39, 0.29) is 22.6 Å². The van der Waals surface area contributed by atoms with Crippen LogP contribution in [0, 0.1) is 5.41 Å². The summed E-state index contributed by atoms with van der Waals surface area (Å²) in [6.45, 7) is 0. The molecule has 1 N–H and O–H groups in total. The van der Waals surface area contributed by atoms with E-state index in [1.807, 2.05) is 48.5 Å². The van der Waals surface area contributed by atoms with E-state index < -0.39 is 11.5 Å². The van der Waals surface area contributed by atoms with Gasteiger partial charge in [0.15, 0.2) is 5.78 Å². The molecule has 2 aromatic carbocycles. The smallest absolute Gasteiger partial charge is 0.268 e. The van der Waals surface area contributed by atoms with Gasteiger partial charge < -0.3 is 14.8 Å². The van der Waals surface area contributed by atoms with Gasteiger partial charge in [-0.25, -0.2) is 4.98 Å². The van der Waals surface area contributed by atoms with Crippen molar-refractivity contribution >= 4 is 28.4 Å². The van der Waals surface area contributed by atoms with Gasteiger partial charge in [-0.2, -0.15) is 0 Å². The van der Waals surface area contributed by atoms with Crippen molar-refractivity contribution in [3.8, 4) is 22.9 Å². The quantitative estimate of drug-likeness (QED) is 0.260. The topological polar surface area (TPSA) is 112 Å². The summed E-state index contributed by atoms with van der Waals surface area (Å²) in [7, 11) is 1.60. The van der Waals surface area contributed by atoms with Crippen molar-refractivity contribution in [2.24, 2.45) is 5.41 Å². The van der Waals surface area contributed by atoms with Crippen molar-refractivity contribution in [1.29, 1.82) is 0 Å². The highest BCUT2D eigenvalue weighted by molar-refractivity contribution is 6.06. The molecule has 1 fully saturated rings. The van der Waals surface area contributed by atoms with Crippen molar-refractivity contribution in [2.45, 2.75) is 32.1 Å². The second-order valence-electron chi connectivity index (χ2n) is 11.2. The molecule has 7 rings (SSSR count). The van der Waals surface area contributed by atoms with Gasteiger partial charge in [-0.1, -0.05) is 24.6 Å². The first kappa shape index (κ1) is 26.6. The summed E-state index contributed by atoms with van der Waals surface area (Å²) < 4.78 is 12.9. The molecule has 0 saturated heterocycles. The van der Waals surface area contributed by atoms with E-state index in [0.717, 1.165) is 30.2 Å². The van der Waals surface area contributed by atoms with Gasteiger partial charge in [-0.05, 0) is 73.2 Å². The predicted molar refractivity (Wildman–Crippen MR) is 162 cm³/mol. The van der Waals surface area contributed by atoms with Crippen molar-refractivity contribution in [3.63, 3.8) is 0 Å². The molecule has 9 heteroatoms. The minimum atomic E-state index is -0.635. The van der Waals surface area contributed by atoms with Crippen LogP contribution in [0.1, 0.15) is 52.1 Å². The number of carbonyl (C=O) groups is 2. The van der Waals surface area contributed by atoms with Crippen LogP contribution in [0.25, 0.3) is 16.6 Å². The number of fused-ring (bicyclic) bond motifs is 2. The van der Waals surface area contributed by atoms with Crippen LogP contribution in [0.4, 0.5) is 5.82 Å². The van der Waals surface area contributed by atoms with E-state index in [0.29, 0.717) is 47.0 Å². The number of carbonyl (C=O) groups excluding carboxylic acids is 2. The number of rotatable bonds is 6. The Morgan fingerprint density at radius 3 is 2.47 bits per heavy atom. The number of aromatic nitrogens is 3. The molecule has 214 valence electrons. The highest BCUT2D eigenvalue weighted by atomic mass is 16.5. The number of ether oxygens (including phenoxy) is 2. The molecule has 3 heterocycles. The maximum absolute atomic E-state index is 13.8. The molecule has 1 saturated carbocycles. The molecule has 2 aliphatic rings. The number of hydrogen-bond acceptors (Lipinski definition) is 7. The molecule has 0 aliphatic heterocycles. The van der Waals surface area contributed by atoms with Gasteiger partial charge in [0.05, 0.1) is 18.8 Å². The van der Waals surface area contributed by atoms with Crippen LogP contribution in [-0.4, -0.2) is 33.3 Å². The Balaban J connectivity index is 1.17. The fourth-order valence-electron chi connectivity index (χ4n) is 6.11. The number of anilines is 1. The van der Waals surface area contributed by atoms with E-state index in [9.17, 15) is 14.4 Å². The third-order valence-electron chi connectivity index (χ3n) is 8.47. The van der Waals surface area contributed by atoms with Gasteiger partial charge in [-0.3, -0.25) is 23.9 Å². The number of methoxy groups -OCH3 is 1. The average molecular weight is 573 g/mol. The summed E-state index contributed by atoms with van der Waals surface area (Å²) >= 11 is 0. The van der Waals surface area contributed by atoms with Crippen molar-refractivity contribution in [3.05, 3.63) is 112 Å². The Bertz CT molecular complexity index is 1950. The summed E-state index contributed by atoms with van der Waals surface area (Å²) in [5.74, 6) is 1.32. The van der Waals surface area contributed by atoms with Gasteiger partial charge in [0.2, 0.25) is 0 Å². The van der Waals surface area contributed by atoms with E-state index in [1.54, 1.807) is 36.1 Å². The lowest BCUT2D eigenvalue weighted by Crippen LogP contribution is -2.42. The minimum absolute atomic E-state index is 0.0265. The number of ketones is 1. The summed E-state index contributed by atoms with van der Waals surface area (Å²) in [6.07, 6.45) is 7.26. The van der Waals surface area contributed by atoms with Crippen LogP contribution >= 0.6 is 0 Å². The fourth-order valence-corrected chi connectivity index (χ4v) is 6.11. The molecule has 43 heavy (non-hydrogen) atoms. The number of nitrogens with one attached hydrogen (secondary N) is 1. The fraction of sp³-hybridized carbons (Fsp3) is 0.206. The summed E-state index contributed by atoms with van der Waals surface area (Å²) in [5, 5.41) is 3.52. The maximum atomic E-state index is 13.8. The van der Waals surface area contributed by atoms with Crippen LogP contribution in [0.15, 0.2) is 90.0 Å². The Labute approximate surface area is 247 Å². The number of benzene rings is 2. The molecule has 0 radical (unpaired) electrons. The normalized spacial score (nSPS) is 15.0. The number of Topliss-reactive ketones (excluding diaryl/α,β-unsaturated/α-hetero) is 1. The monoisotopic (exact) mass is 572 g/mol. The highest BCUT2D eigenvalue weighted by Gasteiger charge is 2.44. The van der Waals surface area contributed by atoms with Gasteiger partial charge in [0.1, 0.15) is 28.6 Å². The second kappa shape index (κ2) is 10.5. The van der Waals surface area contributed by atoms with Crippen molar-refractivity contribution in [2.75, 3.05) is 12.4 Å². The number of nitrogens with zero attached hydrogens (tertiary/aromatic N) is 3. The lowest BCUT2D eigenvalue weighted by atomic mass is 9.60. The standard InChI is InChI=1S/C34H28N4O5/c1-42-22-8-10-24-27(16-22)35-15-12-30(24)43-23-9-11-31(36-20-23)37-32(40)26-17-25-28(18-34(13-5-14-34)19-29(25)39)38(33(26)41)21-6-3-2-4-7-21/h2-4,6-12,15-17,20H,5,13-14,18-19H2,1H3,(H,36,37,40). The summed E-state index contributed by atoms with van der Waals surface area (Å²) in [6, 6.07) is 21.2. The molecule has 0 bridgehead atoms. The zero-order valence-corrected chi connectivity index (χ0v) is 23.5. The molecular weight excluding hydrogens is 544 g/mol. The Morgan fingerprint density at radius 1 is 0.930 bits per heavy atom. The van der Waals surface area contributed by atoms with Crippen LogP contribution in [0.2, 0.25) is 0 Å². The second-order valence-corrected chi connectivity index (χ2v) is 11.2. The number of hydrogen-bond donors (Lipinski definition) is 1. The third kappa shape index (κ3) is 4.82. The molecule has 9 nitrogen and oxygen atoms in total. The van der Waals surface area contributed by atoms with Gasteiger partial charge in [0.25, 0.3) is 11.5 Å². The first-order chi connectivity index (χ1) is 20.9. The van der Waals surface area contributed by atoms with Crippen LogP contribution < -0.4 is 20.3 Å². The first-order valence-corrected chi connectivity index (χ1v) is 14.2. The number of para-hydroxylation sites is 1. The molecule has 1 spiro atoms. The van der Waals surface area contributed by atoms with Gasteiger partial charge in [0, 0.05) is 41.0 Å². The van der Waals surface area contributed by atoms with E-state index in [2.05, 4.69) is 15.3 Å². The highest BCUT2D eigenvalue weighted by Crippen LogP contribution is 2.50. The lowest BCUT2D eigenvalue weighted by molar-refractivity contribution is 0.0701. The zero-order chi connectivity index (χ0) is 29.6. The predicted octanol–water partition coefficient (Wildman–Crippen LogP) is 6.13. The molecular formula is C34H28N4O5. The molecule has 0 unspecified atom stereocenters. The van der Waals surface area contributed by atoms with Crippen LogP contribution in [0.3, 0.4) is 0 Å². The Hall–Kier alpha value is -5.31. The number of pyridine rings is 3. The van der Waals surface area contributed by atoms with Crippen LogP contribution in [-0.2, 0) is 6.42 Å². The van der Waals surface area contributed by atoms with E-state index in [4.69, 9.17) is 9.47 Å². The average Bonchev–Trinajstić information content (AvgIpc) is 3.01. The summed E-state index contributed by atoms with van der Waals surface area (Å²) in [4.78, 5) is 49.3. The molecule has 2 aliphatic carbocycles. The Morgan fingerprint density at radius 2 is 1.74 bits per heavy atom. The van der Waals surface area contributed by atoms with Crippen molar-refractivity contribution < 1.29 is 19.1 Å². The third-order valence-corrected chi connectivity index (χ3v) is 8.47. The Kier molecular flexibility index (Phi) is 6.50. The molecule has 0 atom stereocenters. The zero-order valence-electron chi connectivity index (χ0n) is 23.5. The van der Waals surface area contributed by atoms with Crippen molar-refractivity contribution in [1.82, 2.24) is 14.5 Å². The lowest BCUT2D eigenvalue weighted by Gasteiger charge is -2.45. The SMILES string of the molecule is COc1ccc2c(Oc3ccc(NC(=O)c4cc5c(n(-c6ccccc6)c4=O)CC4(CCC4)CC5=O)nc3)ccnc2c1. The largest absolute Gasteiger partial charge is 0.497 e. The van der Waals surface area contributed by atoms with Gasteiger partial charge in [-0.15, -0.1) is 0 Å². The summed E-state index contributed by atoms with van der Waals surface area (Å²) in [5.41, 5.74) is 1.81. The van der Waals surface area contributed by atoms with E-state index in [1.165, 1.54) is 12.3 Å². The first-order valence-electron chi connectivity index (χ1n) is 14.2. The number of amides is 1. The molecule has 3 aromatic heterocycles. The minimum Gasteiger partial charge on any atom is -0.497 e.